The third kappa shape index (κ3) is 2.54. The van der Waals surface area contributed by atoms with Crippen molar-refractivity contribution in [1.82, 2.24) is 10.6 Å². The number of aliphatic carboxylic acids is 1. The van der Waals surface area contributed by atoms with Crippen molar-refractivity contribution < 1.29 is 19.4 Å². The van der Waals surface area contributed by atoms with Crippen LogP contribution in [0.2, 0.25) is 0 Å². The number of carboxylic acid groups (broad SMARTS) is 1. The molecule has 1 fully saturated rings. The molecule has 0 aromatic heterocycles. The summed E-state index contributed by atoms with van der Waals surface area (Å²) in [6.07, 6.45) is 1.71. The Morgan fingerprint density at radius 1 is 1.30 bits per heavy atom. The minimum Gasteiger partial charge on any atom is -0.491 e. The molecule has 1 heterocycles. The van der Waals surface area contributed by atoms with Gasteiger partial charge in [0.2, 0.25) is 0 Å². The van der Waals surface area contributed by atoms with Gasteiger partial charge in [-0.05, 0) is 24.8 Å². The van der Waals surface area contributed by atoms with Crippen LogP contribution < -0.4 is 15.4 Å². The van der Waals surface area contributed by atoms with E-state index in [1.165, 1.54) is 0 Å². The molecule has 0 spiro atoms. The Morgan fingerprint density at radius 3 is 2.75 bits per heavy atom. The van der Waals surface area contributed by atoms with Gasteiger partial charge >= 0.3 is 12.0 Å². The normalized spacial score (nSPS) is 21.5. The summed E-state index contributed by atoms with van der Waals surface area (Å²) in [5.41, 5.74) is 0.918. The predicted octanol–water partition coefficient (Wildman–Crippen LogP) is 1.28. The second kappa shape index (κ2) is 5.03. The van der Waals surface area contributed by atoms with Crippen molar-refractivity contribution in [2.75, 3.05) is 6.61 Å². The highest BCUT2D eigenvalue weighted by molar-refractivity contribution is 5.83. The molecule has 0 saturated heterocycles. The Hall–Kier alpha value is -2.24. The summed E-state index contributed by atoms with van der Waals surface area (Å²) in [6, 6.07) is 5.99. The van der Waals surface area contributed by atoms with Crippen LogP contribution in [0.25, 0.3) is 0 Å². The lowest BCUT2D eigenvalue weighted by Gasteiger charge is -2.17. The summed E-state index contributed by atoms with van der Waals surface area (Å²) in [5.74, 6) is -0.161. The number of para-hydroxylation sites is 1. The van der Waals surface area contributed by atoms with Crippen LogP contribution in [0, 0.1) is 5.92 Å². The topological polar surface area (TPSA) is 87.7 Å². The second-order valence-electron chi connectivity index (χ2n) is 5.17. The lowest BCUT2D eigenvalue weighted by molar-refractivity contribution is -0.139. The van der Waals surface area contributed by atoms with E-state index in [2.05, 4.69) is 10.6 Å². The first-order valence-electron chi connectivity index (χ1n) is 6.66. The lowest BCUT2D eigenvalue weighted by Crippen LogP contribution is -2.48. The fourth-order valence-electron chi connectivity index (χ4n) is 2.43. The molecule has 1 aromatic rings. The molecule has 2 amide bonds. The van der Waals surface area contributed by atoms with E-state index in [0.717, 1.165) is 24.2 Å². The number of ether oxygens (including phenoxy) is 1. The number of amides is 2. The van der Waals surface area contributed by atoms with Crippen LogP contribution in [-0.2, 0) is 4.79 Å². The summed E-state index contributed by atoms with van der Waals surface area (Å²) in [7, 11) is 0. The zero-order chi connectivity index (χ0) is 14.1. The Morgan fingerprint density at radius 2 is 2.05 bits per heavy atom. The summed E-state index contributed by atoms with van der Waals surface area (Å²) in [6.45, 7) is 0.369. The molecule has 0 bridgehead atoms. The quantitative estimate of drug-likeness (QED) is 0.773. The van der Waals surface area contributed by atoms with Crippen molar-refractivity contribution in [2.24, 2.45) is 5.92 Å². The summed E-state index contributed by atoms with van der Waals surface area (Å²) in [4.78, 5) is 23.0. The van der Waals surface area contributed by atoms with Gasteiger partial charge in [-0.2, -0.15) is 0 Å². The van der Waals surface area contributed by atoms with Crippen molar-refractivity contribution in [3.8, 4) is 5.75 Å². The maximum atomic E-state index is 11.9. The number of carbonyl (C=O) groups excluding carboxylic acids is 1. The maximum absolute atomic E-state index is 11.9. The van der Waals surface area contributed by atoms with Gasteiger partial charge in [-0.15, -0.1) is 0 Å². The third-order valence-corrected chi connectivity index (χ3v) is 3.65. The largest absolute Gasteiger partial charge is 0.491 e. The second-order valence-corrected chi connectivity index (χ2v) is 5.17. The van der Waals surface area contributed by atoms with Gasteiger partial charge in [-0.3, -0.25) is 0 Å². The van der Waals surface area contributed by atoms with Gasteiger partial charge in [-0.25, -0.2) is 9.59 Å². The Labute approximate surface area is 116 Å². The van der Waals surface area contributed by atoms with Crippen molar-refractivity contribution >= 4 is 12.0 Å². The van der Waals surface area contributed by atoms with Crippen LogP contribution in [0.3, 0.4) is 0 Å². The van der Waals surface area contributed by atoms with Gasteiger partial charge in [0.25, 0.3) is 0 Å². The van der Waals surface area contributed by atoms with Gasteiger partial charge in [-0.1, -0.05) is 18.2 Å². The zero-order valence-corrected chi connectivity index (χ0v) is 10.8. The molecule has 1 aliphatic carbocycles. The Balaban J connectivity index is 1.61. The lowest BCUT2D eigenvalue weighted by atomic mass is 10.1. The molecule has 1 aromatic carbocycles. The highest BCUT2D eigenvalue weighted by Gasteiger charge is 2.37. The molecule has 2 atom stereocenters. The van der Waals surface area contributed by atoms with Crippen molar-refractivity contribution in [3.05, 3.63) is 29.8 Å². The molecule has 3 N–H and O–H groups in total. The van der Waals surface area contributed by atoms with Gasteiger partial charge in [0, 0.05) is 5.56 Å². The van der Waals surface area contributed by atoms with Gasteiger partial charge in [0.1, 0.15) is 18.4 Å². The first-order chi connectivity index (χ1) is 9.65. The molecule has 1 aliphatic heterocycles. The molecular formula is C14H16N2O4. The van der Waals surface area contributed by atoms with E-state index in [4.69, 9.17) is 9.84 Å². The molecule has 6 nitrogen and oxygen atoms in total. The number of carbonyl (C=O) groups is 2. The van der Waals surface area contributed by atoms with Gasteiger partial charge in [0.15, 0.2) is 0 Å². The fraction of sp³-hybridized carbons (Fsp3) is 0.429. The van der Waals surface area contributed by atoms with Crippen LogP contribution in [0.15, 0.2) is 24.3 Å². The number of nitrogens with one attached hydrogen (secondary N) is 2. The number of hydrogen-bond acceptors (Lipinski definition) is 3. The predicted molar refractivity (Wildman–Crippen MR) is 70.5 cm³/mol. The van der Waals surface area contributed by atoms with E-state index in [0.29, 0.717) is 6.61 Å². The SMILES string of the molecule is O=C(NC1COc2ccccc21)NC(C(=O)O)C1CC1. The average molecular weight is 276 g/mol. The number of urea groups is 1. The van der Waals surface area contributed by atoms with Crippen LogP contribution in [0.1, 0.15) is 24.4 Å². The molecule has 2 aliphatic rings. The highest BCUT2D eigenvalue weighted by atomic mass is 16.5. The molecule has 6 heteroatoms. The van der Waals surface area contributed by atoms with Crippen molar-refractivity contribution in [3.63, 3.8) is 0 Å². The van der Waals surface area contributed by atoms with E-state index >= 15 is 0 Å². The van der Waals surface area contributed by atoms with Gasteiger partial charge < -0.3 is 20.5 Å². The summed E-state index contributed by atoms with van der Waals surface area (Å²) >= 11 is 0. The number of benzene rings is 1. The molecular weight excluding hydrogens is 260 g/mol. The van der Waals surface area contributed by atoms with E-state index in [1.807, 2.05) is 24.3 Å². The maximum Gasteiger partial charge on any atom is 0.326 e. The van der Waals surface area contributed by atoms with Crippen molar-refractivity contribution in [1.29, 1.82) is 0 Å². The summed E-state index contributed by atoms with van der Waals surface area (Å²) in [5, 5.41) is 14.4. The molecule has 0 radical (unpaired) electrons. The molecule has 2 unspecified atom stereocenters. The number of carboxylic acids is 1. The minimum atomic E-state index is -0.981. The zero-order valence-electron chi connectivity index (χ0n) is 10.8. The van der Waals surface area contributed by atoms with E-state index in [-0.39, 0.29) is 12.0 Å². The fourth-order valence-corrected chi connectivity index (χ4v) is 2.43. The van der Waals surface area contributed by atoms with Crippen molar-refractivity contribution in [2.45, 2.75) is 24.9 Å². The Bertz CT molecular complexity index is 542. The average Bonchev–Trinajstić information content (AvgIpc) is 3.19. The first kappa shape index (κ1) is 12.8. The molecule has 1 saturated carbocycles. The number of fused-ring (bicyclic) bond motifs is 1. The first-order valence-corrected chi connectivity index (χ1v) is 6.66. The smallest absolute Gasteiger partial charge is 0.326 e. The van der Waals surface area contributed by atoms with Crippen LogP contribution in [0.4, 0.5) is 4.79 Å². The highest BCUT2D eigenvalue weighted by Crippen LogP contribution is 2.33. The van der Waals surface area contributed by atoms with E-state index in [1.54, 1.807) is 0 Å². The van der Waals surface area contributed by atoms with E-state index < -0.39 is 18.0 Å². The molecule has 20 heavy (non-hydrogen) atoms. The monoisotopic (exact) mass is 276 g/mol. The molecule has 106 valence electrons. The van der Waals surface area contributed by atoms with Crippen LogP contribution in [-0.4, -0.2) is 29.8 Å². The van der Waals surface area contributed by atoms with Crippen LogP contribution in [0.5, 0.6) is 5.75 Å². The van der Waals surface area contributed by atoms with Gasteiger partial charge in [0.05, 0.1) is 6.04 Å². The van der Waals surface area contributed by atoms with Crippen LogP contribution >= 0.6 is 0 Å². The Kier molecular flexibility index (Phi) is 3.22. The number of rotatable bonds is 4. The number of hydrogen-bond donors (Lipinski definition) is 3. The molecule has 3 rings (SSSR count). The standard InChI is InChI=1S/C14H16N2O4/c17-13(18)12(8-5-6-8)16-14(19)15-10-7-20-11-4-2-1-3-9(10)11/h1-4,8,10,12H,5-7H2,(H,17,18)(H2,15,16,19). The summed E-state index contributed by atoms with van der Waals surface area (Å²) < 4.78 is 5.47. The minimum absolute atomic E-state index is 0.0605. The third-order valence-electron chi connectivity index (χ3n) is 3.65. The van der Waals surface area contributed by atoms with E-state index in [9.17, 15) is 9.59 Å².